The lowest BCUT2D eigenvalue weighted by atomic mass is 10.1. The fourth-order valence-corrected chi connectivity index (χ4v) is 2.89. The van der Waals surface area contributed by atoms with Gasteiger partial charge in [-0.05, 0) is 42.3 Å². The summed E-state index contributed by atoms with van der Waals surface area (Å²) in [5, 5.41) is 14.1. The Morgan fingerprint density at radius 3 is 2.64 bits per heavy atom. The van der Waals surface area contributed by atoms with Crippen LogP contribution < -0.4 is 20.1 Å². The molecule has 2 heterocycles. The van der Waals surface area contributed by atoms with E-state index in [-0.39, 0.29) is 18.4 Å². The van der Waals surface area contributed by atoms with E-state index in [2.05, 4.69) is 39.9 Å². The summed E-state index contributed by atoms with van der Waals surface area (Å²) in [7, 11) is 0. The molecule has 0 saturated heterocycles. The van der Waals surface area contributed by atoms with Gasteiger partial charge in [-0.2, -0.15) is 0 Å². The highest BCUT2D eigenvalue weighted by Crippen LogP contribution is 2.32. The summed E-state index contributed by atoms with van der Waals surface area (Å²) < 4.78 is 10.6. The van der Waals surface area contributed by atoms with Gasteiger partial charge in [0.1, 0.15) is 5.82 Å². The molecule has 2 N–H and O–H groups in total. The van der Waals surface area contributed by atoms with E-state index in [0.717, 1.165) is 16.9 Å². The number of nitrogens with one attached hydrogen (secondary N) is 2. The van der Waals surface area contributed by atoms with Crippen LogP contribution in [-0.4, -0.2) is 22.9 Å². The molecule has 0 aliphatic carbocycles. The number of anilines is 1. The Morgan fingerprint density at radius 1 is 0.964 bits per heavy atom. The van der Waals surface area contributed by atoms with E-state index in [9.17, 15) is 4.79 Å². The van der Waals surface area contributed by atoms with Gasteiger partial charge in [0.15, 0.2) is 17.2 Å². The van der Waals surface area contributed by atoms with Crippen LogP contribution in [0.15, 0.2) is 54.6 Å². The third-order valence-electron chi connectivity index (χ3n) is 4.34. The highest BCUT2D eigenvalue weighted by atomic mass is 16.7. The standard InChI is InChI=1S/C21H20N4O3/c1-14-3-2-4-15(9-14)11-22-20-8-6-17(24-25-20)21(26)23-12-16-5-7-18-19(10-16)28-13-27-18/h2-10H,11-13H2,1H3,(H,22,25)(H,23,26). The molecule has 2 aromatic carbocycles. The lowest BCUT2D eigenvalue weighted by Gasteiger charge is -2.08. The SMILES string of the molecule is Cc1cccc(CNc2ccc(C(=O)NCc3ccc4c(c3)OCO4)nn2)c1. The monoisotopic (exact) mass is 376 g/mol. The van der Waals surface area contributed by atoms with E-state index in [1.54, 1.807) is 12.1 Å². The number of aromatic nitrogens is 2. The van der Waals surface area contributed by atoms with Crippen molar-refractivity contribution in [1.82, 2.24) is 15.5 Å². The number of fused-ring (bicyclic) bond motifs is 1. The van der Waals surface area contributed by atoms with Crippen molar-refractivity contribution in [3.05, 3.63) is 77.0 Å². The van der Waals surface area contributed by atoms with E-state index in [1.165, 1.54) is 5.56 Å². The molecule has 1 aliphatic rings. The molecule has 1 aliphatic heterocycles. The molecular formula is C21H20N4O3. The molecule has 1 amide bonds. The van der Waals surface area contributed by atoms with Gasteiger partial charge in [0.25, 0.3) is 5.91 Å². The molecule has 4 rings (SSSR count). The Balaban J connectivity index is 1.31. The highest BCUT2D eigenvalue weighted by molar-refractivity contribution is 5.92. The van der Waals surface area contributed by atoms with Gasteiger partial charge in [0, 0.05) is 13.1 Å². The lowest BCUT2D eigenvalue weighted by molar-refractivity contribution is 0.0945. The molecule has 0 saturated carbocycles. The van der Waals surface area contributed by atoms with Crippen molar-refractivity contribution in [2.45, 2.75) is 20.0 Å². The number of carbonyl (C=O) groups is 1. The number of amides is 1. The first kappa shape index (κ1) is 17.8. The van der Waals surface area contributed by atoms with Crippen molar-refractivity contribution < 1.29 is 14.3 Å². The van der Waals surface area contributed by atoms with Gasteiger partial charge in [-0.3, -0.25) is 4.79 Å². The van der Waals surface area contributed by atoms with Crippen molar-refractivity contribution in [2.24, 2.45) is 0 Å². The van der Waals surface area contributed by atoms with E-state index in [1.807, 2.05) is 30.3 Å². The summed E-state index contributed by atoms with van der Waals surface area (Å²) in [5.74, 6) is 1.74. The zero-order chi connectivity index (χ0) is 19.3. The van der Waals surface area contributed by atoms with Crippen molar-refractivity contribution in [2.75, 3.05) is 12.1 Å². The molecule has 0 atom stereocenters. The van der Waals surface area contributed by atoms with Gasteiger partial charge in [-0.1, -0.05) is 35.9 Å². The summed E-state index contributed by atoms with van der Waals surface area (Å²) in [6.45, 7) is 3.29. The molecule has 142 valence electrons. The van der Waals surface area contributed by atoms with Crippen LogP contribution in [0.1, 0.15) is 27.2 Å². The zero-order valence-corrected chi connectivity index (χ0v) is 15.4. The topological polar surface area (TPSA) is 85.4 Å². The maximum Gasteiger partial charge on any atom is 0.272 e. The van der Waals surface area contributed by atoms with E-state index < -0.39 is 0 Å². The van der Waals surface area contributed by atoms with Crippen LogP contribution in [-0.2, 0) is 13.1 Å². The first-order chi connectivity index (χ1) is 13.7. The maximum absolute atomic E-state index is 12.3. The Morgan fingerprint density at radius 2 is 1.82 bits per heavy atom. The van der Waals surface area contributed by atoms with Crippen molar-refractivity contribution in [3.63, 3.8) is 0 Å². The van der Waals surface area contributed by atoms with E-state index in [0.29, 0.717) is 24.7 Å². The number of benzene rings is 2. The smallest absolute Gasteiger partial charge is 0.272 e. The minimum Gasteiger partial charge on any atom is -0.454 e. The predicted molar refractivity (Wildman–Crippen MR) is 104 cm³/mol. The quantitative estimate of drug-likeness (QED) is 0.688. The second kappa shape index (κ2) is 7.96. The third kappa shape index (κ3) is 4.20. The van der Waals surface area contributed by atoms with Gasteiger partial charge < -0.3 is 20.1 Å². The molecule has 0 bridgehead atoms. The third-order valence-corrected chi connectivity index (χ3v) is 4.34. The molecule has 3 aromatic rings. The van der Waals surface area contributed by atoms with Crippen LogP contribution in [0, 0.1) is 6.92 Å². The maximum atomic E-state index is 12.3. The van der Waals surface area contributed by atoms with Crippen molar-refractivity contribution >= 4 is 11.7 Å². The van der Waals surface area contributed by atoms with Gasteiger partial charge in [-0.15, -0.1) is 10.2 Å². The van der Waals surface area contributed by atoms with E-state index >= 15 is 0 Å². The summed E-state index contributed by atoms with van der Waals surface area (Å²) in [4.78, 5) is 12.3. The summed E-state index contributed by atoms with van der Waals surface area (Å²) >= 11 is 0. The van der Waals surface area contributed by atoms with Crippen LogP contribution in [0.2, 0.25) is 0 Å². The molecule has 0 unspecified atom stereocenters. The fourth-order valence-electron chi connectivity index (χ4n) is 2.89. The summed E-state index contributed by atoms with van der Waals surface area (Å²) in [5.41, 5.74) is 3.55. The molecule has 7 heteroatoms. The molecule has 28 heavy (non-hydrogen) atoms. The van der Waals surface area contributed by atoms with Crippen LogP contribution in [0.3, 0.4) is 0 Å². The number of aryl methyl sites for hydroxylation is 1. The predicted octanol–water partition coefficient (Wildman–Crippen LogP) is 3.06. The number of hydrogen-bond acceptors (Lipinski definition) is 6. The second-order valence-electron chi connectivity index (χ2n) is 6.52. The molecular weight excluding hydrogens is 356 g/mol. The Labute approximate surface area is 162 Å². The fraction of sp³-hybridized carbons (Fsp3) is 0.190. The number of nitrogens with zero attached hydrogens (tertiary/aromatic N) is 2. The Hall–Kier alpha value is -3.61. The number of hydrogen-bond donors (Lipinski definition) is 2. The van der Waals surface area contributed by atoms with Crippen molar-refractivity contribution in [3.8, 4) is 11.5 Å². The second-order valence-corrected chi connectivity index (χ2v) is 6.52. The average Bonchev–Trinajstić information content (AvgIpc) is 3.19. The summed E-state index contributed by atoms with van der Waals surface area (Å²) in [6, 6.07) is 17.2. The highest BCUT2D eigenvalue weighted by Gasteiger charge is 2.14. The van der Waals surface area contributed by atoms with Crippen LogP contribution in [0.5, 0.6) is 11.5 Å². The zero-order valence-electron chi connectivity index (χ0n) is 15.4. The molecule has 0 radical (unpaired) electrons. The normalized spacial score (nSPS) is 11.9. The van der Waals surface area contributed by atoms with Gasteiger partial charge >= 0.3 is 0 Å². The van der Waals surface area contributed by atoms with Gasteiger partial charge in [0.2, 0.25) is 6.79 Å². The lowest BCUT2D eigenvalue weighted by Crippen LogP contribution is -2.24. The summed E-state index contributed by atoms with van der Waals surface area (Å²) in [6.07, 6.45) is 0. The molecule has 7 nitrogen and oxygen atoms in total. The molecule has 0 spiro atoms. The Bertz CT molecular complexity index is 989. The average molecular weight is 376 g/mol. The Kier molecular flexibility index (Phi) is 5.05. The number of ether oxygens (including phenoxy) is 2. The number of rotatable bonds is 6. The first-order valence-electron chi connectivity index (χ1n) is 8.97. The van der Waals surface area contributed by atoms with E-state index in [4.69, 9.17) is 9.47 Å². The van der Waals surface area contributed by atoms with Crippen molar-refractivity contribution in [1.29, 1.82) is 0 Å². The van der Waals surface area contributed by atoms with Crippen LogP contribution in [0.25, 0.3) is 0 Å². The van der Waals surface area contributed by atoms with Crippen LogP contribution in [0.4, 0.5) is 5.82 Å². The molecule has 1 aromatic heterocycles. The minimum atomic E-state index is -0.282. The van der Waals surface area contributed by atoms with Gasteiger partial charge in [-0.25, -0.2) is 0 Å². The first-order valence-corrected chi connectivity index (χ1v) is 8.97. The minimum absolute atomic E-state index is 0.227. The number of carbonyl (C=O) groups excluding carboxylic acids is 1. The molecule has 0 fully saturated rings. The van der Waals surface area contributed by atoms with Crippen LogP contribution >= 0.6 is 0 Å². The largest absolute Gasteiger partial charge is 0.454 e. The van der Waals surface area contributed by atoms with Gasteiger partial charge in [0.05, 0.1) is 0 Å².